The number of nitrogens with two attached hydrogens (primary N) is 1. The van der Waals surface area contributed by atoms with Gasteiger partial charge in [0.15, 0.2) is 0 Å². The smallest absolute Gasteiger partial charge is 0.203 e. The van der Waals surface area contributed by atoms with Crippen molar-refractivity contribution in [3.63, 3.8) is 0 Å². The molecule has 0 saturated carbocycles. The molecule has 1 aromatic carbocycles. The van der Waals surface area contributed by atoms with Crippen LogP contribution in [0.1, 0.15) is 5.01 Å². The summed E-state index contributed by atoms with van der Waals surface area (Å²) in [4.78, 5) is 0. The molecule has 0 unspecified atom stereocenters. The van der Waals surface area contributed by atoms with Crippen molar-refractivity contribution in [2.45, 2.75) is 6.54 Å². The van der Waals surface area contributed by atoms with Crippen molar-refractivity contribution in [2.75, 3.05) is 5.73 Å². The van der Waals surface area contributed by atoms with Crippen molar-refractivity contribution in [3.8, 4) is 11.1 Å². The second-order valence-electron chi connectivity index (χ2n) is 3.83. The fourth-order valence-corrected chi connectivity index (χ4v) is 2.30. The van der Waals surface area contributed by atoms with Gasteiger partial charge in [-0.1, -0.05) is 41.7 Å². The van der Waals surface area contributed by atoms with Crippen LogP contribution < -0.4 is 5.73 Å². The molecular weight excluding hydrogens is 246 g/mol. The Labute approximate surface area is 108 Å². The number of hydrogen-bond donors (Lipinski definition) is 1. The van der Waals surface area contributed by atoms with E-state index in [9.17, 15) is 0 Å². The van der Waals surface area contributed by atoms with Crippen molar-refractivity contribution in [3.05, 3.63) is 47.7 Å². The van der Waals surface area contributed by atoms with Crippen LogP contribution in [0.2, 0.25) is 0 Å². The number of nitrogens with zero attached hydrogens (tertiary/aromatic N) is 4. The van der Waals surface area contributed by atoms with E-state index < -0.39 is 0 Å². The fourth-order valence-electron chi connectivity index (χ4n) is 1.70. The summed E-state index contributed by atoms with van der Waals surface area (Å²) in [7, 11) is 0. The fraction of sp³-hybridized carbons (Fsp3) is 0.0833. The monoisotopic (exact) mass is 257 g/mol. The Morgan fingerprint density at radius 2 is 1.94 bits per heavy atom. The molecule has 3 aromatic rings. The Hall–Kier alpha value is -2.21. The molecule has 6 heteroatoms. The molecule has 3 rings (SSSR count). The molecule has 90 valence electrons. The molecule has 0 bridgehead atoms. The van der Waals surface area contributed by atoms with E-state index in [0.29, 0.717) is 11.7 Å². The molecule has 0 saturated heterocycles. The summed E-state index contributed by atoms with van der Waals surface area (Å²) in [5.74, 6) is 0. The van der Waals surface area contributed by atoms with Gasteiger partial charge in [0.05, 0.1) is 12.7 Å². The van der Waals surface area contributed by atoms with E-state index in [4.69, 9.17) is 5.73 Å². The average molecular weight is 257 g/mol. The summed E-state index contributed by atoms with van der Waals surface area (Å²) in [5.41, 5.74) is 7.79. The number of rotatable bonds is 3. The Morgan fingerprint density at radius 1 is 1.11 bits per heavy atom. The third-order valence-corrected chi connectivity index (χ3v) is 3.26. The van der Waals surface area contributed by atoms with Crippen LogP contribution in [-0.4, -0.2) is 20.0 Å². The molecule has 2 aromatic heterocycles. The SMILES string of the molecule is Nc1nnc(Cn2cc(-c3ccccc3)cn2)s1. The van der Waals surface area contributed by atoms with Crippen LogP contribution in [-0.2, 0) is 6.54 Å². The highest BCUT2D eigenvalue weighted by molar-refractivity contribution is 7.15. The van der Waals surface area contributed by atoms with Crippen LogP contribution in [0.3, 0.4) is 0 Å². The molecule has 0 fully saturated rings. The lowest BCUT2D eigenvalue weighted by Gasteiger charge is -1.96. The molecule has 0 aliphatic carbocycles. The minimum atomic E-state index is 0.487. The first-order valence-electron chi connectivity index (χ1n) is 5.47. The molecule has 0 amide bonds. The van der Waals surface area contributed by atoms with Gasteiger partial charge in [0.2, 0.25) is 5.13 Å². The first-order chi connectivity index (χ1) is 8.81. The van der Waals surface area contributed by atoms with Crippen molar-refractivity contribution in [1.82, 2.24) is 20.0 Å². The van der Waals surface area contributed by atoms with E-state index in [1.54, 1.807) is 0 Å². The molecule has 2 heterocycles. The van der Waals surface area contributed by atoms with Gasteiger partial charge in [-0.2, -0.15) is 5.10 Å². The molecule has 0 spiro atoms. The second kappa shape index (κ2) is 4.58. The van der Waals surface area contributed by atoms with E-state index >= 15 is 0 Å². The standard InChI is InChI=1S/C12H11N5S/c13-12-16-15-11(18-12)8-17-7-10(6-14-17)9-4-2-1-3-5-9/h1-7H,8H2,(H2,13,16). The molecule has 5 nitrogen and oxygen atoms in total. The van der Waals surface area contributed by atoms with Gasteiger partial charge in [0.1, 0.15) is 5.01 Å². The maximum Gasteiger partial charge on any atom is 0.203 e. The van der Waals surface area contributed by atoms with E-state index in [-0.39, 0.29) is 0 Å². The predicted octanol–water partition coefficient (Wildman–Crippen LogP) is 2.03. The normalized spacial score (nSPS) is 10.7. The third-order valence-electron chi connectivity index (χ3n) is 2.52. The summed E-state index contributed by atoms with van der Waals surface area (Å²) in [5, 5.41) is 13.4. The van der Waals surface area contributed by atoms with Gasteiger partial charge in [-0.3, -0.25) is 4.68 Å². The van der Waals surface area contributed by atoms with Crippen LogP contribution in [0.5, 0.6) is 0 Å². The van der Waals surface area contributed by atoms with Crippen molar-refractivity contribution in [2.24, 2.45) is 0 Å². The highest BCUT2D eigenvalue weighted by atomic mass is 32.1. The largest absolute Gasteiger partial charge is 0.374 e. The molecule has 0 atom stereocenters. The number of aromatic nitrogens is 4. The lowest BCUT2D eigenvalue weighted by atomic mass is 10.1. The Kier molecular flexibility index (Phi) is 2.77. The predicted molar refractivity (Wildman–Crippen MR) is 71.1 cm³/mol. The van der Waals surface area contributed by atoms with Crippen molar-refractivity contribution in [1.29, 1.82) is 0 Å². The van der Waals surface area contributed by atoms with Gasteiger partial charge >= 0.3 is 0 Å². The molecule has 0 radical (unpaired) electrons. The van der Waals surface area contributed by atoms with Crippen LogP contribution in [0, 0.1) is 0 Å². The maximum atomic E-state index is 5.54. The summed E-state index contributed by atoms with van der Waals surface area (Å²) < 4.78 is 1.84. The average Bonchev–Trinajstić information content (AvgIpc) is 3.01. The van der Waals surface area contributed by atoms with Crippen LogP contribution in [0.4, 0.5) is 5.13 Å². The van der Waals surface area contributed by atoms with Crippen LogP contribution in [0.15, 0.2) is 42.7 Å². The van der Waals surface area contributed by atoms with Crippen LogP contribution >= 0.6 is 11.3 Å². The Morgan fingerprint density at radius 3 is 2.67 bits per heavy atom. The van der Waals surface area contributed by atoms with Gasteiger partial charge in [0.25, 0.3) is 0 Å². The first kappa shape index (κ1) is 10.9. The lowest BCUT2D eigenvalue weighted by molar-refractivity contribution is 0.677. The topological polar surface area (TPSA) is 69.6 Å². The zero-order valence-corrected chi connectivity index (χ0v) is 10.3. The number of nitrogen functional groups attached to an aromatic ring is 1. The summed E-state index contributed by atoms with van der Waals surface area (Å²) in [6.07, 6.45) is 3.84. The number of benzene rings is 1. The molecular formula is C12H11N5S. The Balaban J connectivity index is 1.82. The van der Waals surface area contributed by atoms with E-state index in [2.05, 4.69) is 27.4 Å². The van der Waals surface area contributed by atoms with Gasteiger partial charge < -0.3 is 5.73 Å². The molecule has 0 aliphatic heterocycles. The van der Waals surface area contributed by atoms with E-state index in [0.717, 1.165) is 16.1 Å². The summed E-state index contributed by atoms with van der Waals surface area (Å²) in [6.45, 7) is 0.599. The van der Waals surface area contributed by atoms with Gasteiger partial charge in [0, 0.05) is 11.8 Å². The van der Waals surface area contributed by atoms with E-state index in [1.165, 1.54) is 11.3 Å². The quantitative estimate of drug-likeness (QED) is 0.779. The van der Waals surface area contributed by atoms with E-state index in [1.807, 2.05) is 35.3 Å². The van der Waals surface area contributed by atoms with Crippen molar-refractivity contribution >= 4 is 16.5 Å². The number of anilines is 1. The van der Waals surface area contributed by atoms with Gasteiger partial charge in [-0.15, -0.1) is 10.2 Å². The minimum absolute atomic E-state index is 0.487. The molecule has 18 heavy (non-hydrogen) atoms. The van der Waals surface area contributed by atoms with Gasteiger partial charge in [-0.05, 0) is 5.56 Å². The zero-order valence-electron chi connectivity index (χ0n) is 9.52. The van der Waals surface area contributed by atoms with Gasteiger partial charge in [-0.25, -0.2) is 0 Å². The first-order valence-corrected chi connectivity index (χ1v) is 6.28. The molecule has 2 N–H and O–H groups in total. The maximum absolute atomic E-state index is 5.54. The Bertz CT molecular complexity index is 643. The zero-order chi connectivity index (χ0) is 12.4. The second-order valence-corrected chi connectivity index (χ2v) is 4.92. The minimum Gasteiger partial charge on any atom is -0.374 e. The summed E-state index contributed by atoms with van der Waals surface area (Å²) in [6, 6.07) is 10.1. The van der Waals surface area contributed by atoms with Crippen LogP contribution in [0.25, 0.3) is 11.1 Å². The lowest BCUT2D eigenvalue weighted by Crippen LogP contribution is -1.99. The van der Waals surface area contributed by atoms with Crippen molar-refractivity contribution < 1.29 is 0 Å². The highest BCUT2D eigenvalue weighted by Crippen LogP contribution is 2.18. The highest BCUT2D eigenvalue weighted by Gasteiger charge is 2.05. The summed E-state index contributed by atoms with van der Waals surface area (Å²) >= 11 is 1.38. The number of hydrogen-bond acceptors (Lipinski definition) is 5. The third kappa shape index (κ3) is 2.23. The molecule has 0 aliphatic rings.